The molecule has 5 heteroatoms. The van der Waals surface area contributed by atoms with E-state index < -0.39 is 18.2 Å². The van der Waals surface area contributed by atoms with Crippen LogP contribution in [0.2, 0.25) is 0 Å². The van der Waals surface area contributed by atoms with E-state index >= 15 is 0 Å². The summed E-state index contributed by atoms with van der Waals surface area (Å²) in [6, 6.07) is 3.27. The normalized spacial score (nSPS) is 14.2. The molecule has 0 saturated carbocycles. The van der Waals surface area contributed by atoms with Gasteiger partial charge in [-0.1, -0.05) is 6.07 Å². The molecule has 0 aliphatic carbocycles. The number of hydrogen-bond acceptors (Lipinski definition) is 3. The van der Waals surface area contributed by atoms with Crippen LogP contribution in [0.4, 0.5) is 4.39 Å². The Morgan fingerprint density at radius 3 is 2.62 bits per heavy atom. The minimum absolute atomic E-state index is 0.275. The molecule has 1 rings (SSSR count). The lowest BCUT2D eigenvalue weighted by molar-refractivity contribution is -0.138. The first-order valence-electron chi connectivity index (χ1n) is 4.77. The fraction of sp³-hybridized carbons (Fsp3) is 0.364. The van der Waals surface area contributed by atoms with Crippen molar-refractivity contribution >= 4 is 5.97 Å². The number of methoxy groups -OCH3 is 1. The van der Waals surface area contributed by atoms with Crippen molar-refractivity contribution in [1.82, 2.24) is 0 Å². The number of carboxylic acid groups (broad SMARTS) is 1. The highest BCUT2D eigenvalue weighted by Gasteiger charge is 2.20. The van der Waals surface area contributed by atoms with Gasteiger partial charge in [-0.3, -0.25) is 4.79 Å². The Kier molecular flexibility index (Phi) is 3.84. The van der Waals surface area contributed by atoms with E-state index in [4.69, 9.17) is 15.6 Å². The van der Waals surface area contributed by atoms with E-state index in [-0.39, 0.29) is 5.56 Å². The van der Waals surface area contributed by atoms with Crippen LogP contribution in [0.5, 0.6) is 5.75 Å². The number of hydrogen-bond donors (Lipinski definition) is 2. The Morgan fingerprint density at radius 1 is 1.56 bits per heavy atom. The first-order chi connectivity index (χ1) is 7.47. The minimum atomic E-state index is -1.21. The van der Waals surface area contributed by atoms with Gasteiger partial charge in [-0.2, -0.15) is 0 Å². The van der Waals surface area contributed by atoms with Crippen LogP contribution in [0.25, 0.3) is 0 Å². The second-order valence-electron chi connectivity index (χ2n) is 3.43. The molecular weight excluding hydrogens is 213 g/mol. The third-order valence-corrected chi connectivity index (χ3v) is 2.31. The Balaban J connectivity index is 3.21. The van der Waals surface area contributed by atoms with Gasteiger partial charge in [-0.15, -0.1) is 0 Å². The minimum Gasteiger partial charge on any atom is -0.496 e. The maximum absolute atomic E-state index is 13.1. The number of benzene rings is 1. The van der Waals surface area contributed by atoms with Crippen molar-refractivity contribution in [2.75, 3.05) is 7.11 Å². The Labute approximate surface area is 92.8 Å². The van der Waals surface area contributed by atoms with Crippen LogP contribution in [0, 0.1) is 0 Å². The maximum atomic E-state index is 13.1. The van der Waals surface area contributed by atoms with E-state index in [0.717, 1.165) is 0 Å². The zero-order chi connectivity index (χ0) is 12.3. The molecule has 0 heterocycles. The molecule has 0 bridgehead atoms. The van der Waals surface area contributed by atoms with Gasteiger partial charge in [-0.25, -0.2) is 4.39 Å². The lowest BCUT2D eigenvalue weighted by Crippen LogP contribution is -2.21. The molecule has 4 nitrogen and oxygen atoms in total. The standard InChI is InChI=1S/C11H14FNO3/c1-6(12)7-3-4-9(16-2)8(5-7)10(13)11(14)15/h3-6,10H,13H2,1-2H3,(H,14,15). The molecule has 0 aliphatic rings. The Morgan fingerprint density at radius 2 is 2.19 bits per heavy atom. The maximum Gasteiger partial charge on any atom is 0.325 e. The van der Waals surface area contributed by atoms with Crippen LogP contribution in [-0.2, 0) is 4.79 Å². The first-order valence-corrected chi connectivity index (χ1v) is 4.77. The van der Waals surface area contributed by atoms with Crippen molar-refractivity contribution in [2.24, 2.45) is 5.73 Å². The Hall–Kier alpha value is -1.62. The second-order valence-corrected chi connectivity index (χ2v) is 3.43. The van der Waals surface area contributed by atoms with Gasteiger partial charge in [0, 0.05) is 5.56 Å². The molecule has 2 unspecified atom stereocenters. The molecule has 0 aliphatic heterocycles. The van der Waals surface area contributed by atoms with E-state index in [1.54, 1.807) is 6.07 Å². The summed E-state index contributed by atoms with van der Waals surface area (Å²) in [5.41, 5.74) is 6.14. The molecule has 88 valence electrons. The summed E-state index contributed by atoms with van der Waals surface area (Å²) in [5, 5.41) is 8.81. The number of nitrogens with two attached hydrogens (primary N) is 1. The average molecular weight is 227 g/mol. The monoisotopic (exact) mass is 227 g/mol. The van der Waals surface area contributed by atoms with Gasteiger partial charge in [0.1, 0.15) is 18.0 Å². The molecule has 0 amide bonds. The molecule has 0 fully saturated rings. The van der Waals surface area contributed by atoms with Crippen LogP contribution in [0.15, 0.2) is 18.2 Å². The predicted octanol–water partition coefficient (Wildman–Crippen LogP) is 1.81. The molecule has 0 aromatic heterocycles. The predicted molar refractivity (Wildman–Crippen MR) is 57.1 cm³/mol. The summed E-state index contributed by atoms with van der Waals surface area (Å²) < 4.78 is 18.1. The van der Waals surface area contributed by atoms with Crippen molar-refractivity contribution in [3.8, 4) is 5.75 Å². The molecule has 0 radical (unpaired) electrons. The first kappa shape index (κ1) is 12.4. The highest BCUT2D eigenvalue weighted by Crippen LogP contribution is 2.28. The van der Waals surface area contributed by atoms with Crippen LogP contribution >= 0.6 is 0 Å². The SMILES string of the molecule is COc1ccc(C(C)F)cc1C(N)C(=O)O. The largest absolute Gasteiger partial charge is 0.496 e. The van der Waals surface area contributed by atoms with Crippen LogP contribution < -0.4 is 10.5 Å². The topological polar surface area (TPSA) is 72.5 Å². The molecule has 1 aromatic rings. The zero-order valence-corrected chi connectivity index (χ0v) is 9.11. The average Bonchev–Trinajstić information content (AvgIpc) is 2.26. The van der Waals surface area contributed by atoms with E-state index in [1.165, 1.54) is 26.2 Å². The zero-order valence-electron chi connectivity index (χ0n) is 9.11. The summed E-state index contributed by atoms with van der Waals surface area (Å²) >= 11 is 0. The highest BCUT2D eigenvalue weighted by molar-refractivity contribution is 5.76. The van der Waals surface area contributed by atoms with Crippen molar-refractivity contribution < 1.29 is 19.0 Å². The van der Waals surface area contributed by atoms with E-state index in [2.05, 4.69) is 0 Å². The van der Waals surface area contributed by atoms with Gasteiger partial charge in [0.25, 0.3) is 0 Å². The van der Waals surface area contributed by atoms with Crippen molar-refractivity contribution in [3.63, 3.8) is 0 Å². The molecule has 2 atom stereocenters. The third kappa shape index (κ3) is 2.49. The number of rotatable bonds is 4. The number of alkyl halides is 1. The van der Waals surface area contributed by atoms with Gasteiger partial charge < -0.3 is 15.6 Å². The Bertz CT molecular complexity index is 393. The number of ether oxygens (including phenoxy) is 1. The van der Waals surface area contributed by atoms with Gasteiger partial charge in [0.2, 0.25) is 0 Å². The summed E-state index contributed by atoms with van der Waals surface area (Å²) in [6.07, 6.45) is -1.18. The summed E-state index contributed by atoms with van der Waals surface area (Å²) in [7, 11) is 1.41. The highest BCUT2D eigenvalue weighted by atomic mass is 19.1. The number of aliphatic carboxylic acids is 1. The van der Waals surface area contributed by atoms with Crippen molar-refractivity contribution in [2.45, 2.75) is 19.1 Å². The van der Waals surface area contributed by atoms with Gasteiger partial charge >= 0.3 is 5.97 Å². The summed E-state index contributed by atoms with van der Waals surface area (Å²) in [6.45, 7) is 1.37. The van der Waals surface area contributed by atoms with Crippen LogP contribution in [0.1, 0.15) is 30.3 Å². The third-order valence-electron chi connectivity index (χ3n) is 2.31. The molecule has 0 saturated heterocycles. The number of carbonyl (C=O) groups is 1. The van der Waals surface area contributed by atoms with Gasteiger partial charge in [0.15, 0.2) is 0 Å². The van der Waals surface area contributed by atoms with Crippen LogP contribution in [-0.4, -0.2) is 18.2 Å². The van der Waals surface area contributed by atoms with E-state index in [9.17, 15) is 9.18 Å². The molecule has 1 aromatic carbocycles. The van der Waals surface area contributed by atoms with Crippen molar-refractivity contribution in [3.05, 3.63) is 29.3 Å². The second kappa shape index (κ2) is 4.94. The smallest absolute Gasteiger partial charge is 0.325 e. The fourth-order valence-electron chi connectivity index (χ4n) is 1.38. The molecular formula is C11H14FNO3. The lowest BCUT2D eigenvalue weighted by atomic mass is 10.0. The molecule has 0 spiro atoms. The lowest BCUT2D eigenvalue weighted by Gasteiger charge is -2.14. The summed E-state index contributed by atoms with van der Waals surface area (Å²) in [4.78, 5) is 10.8. The quantitative estimate of drug-likeness (QED) is 0.822. The van der Waals surface area contributed by atoms with Gasteiger partial charge in [-0.05, 0) is 24.6 Å². The number of carboxylic acids is 1. The molecule has 3 N–H and O–H groups in total. The van der Waals surface area contributed by atoms with Crippen LogP contribution in [0.3, 0.4) is 0 Å². The fourth-order valence-corrected chi connectivity index (χ4v) is 1.38. The van der Waals surface area contributed by atoms with E-state index in [1.807, 2.05) is 0 Å². The van der Waals surface area contributed by atoms with E-state index in [0.29, 0.717) is 11.3 Å². The van der Waals surface area contributed by atoms with Gasteiger partial charge in [0.05, 0.1) is 7.11 Å². The summed E-state index contributed by atoms with van der Waals surface area (Å²) in [5.74, 6) is -0.832. The van der Waals surface area contributed by atoms with Crippen molar-refractivity contribution in [1.29, 1.82) is 0 Å². The molecule has 16 heavy (non-hydrogen) atoms. The number of halogens is 1.